The van der Waals surface area contributed by atoms with E-state index in [1.807, 2.05) is 13.8 Å². The number of nitrogens with one attached hydrogen (secondary N) is 1. The van der Waals surface area contributed by atoms with E-state index in [2.05, 4.69) is 5.32 Å². The summed E-state index contributed by atoms with van der Waals surface area (Å²) < 4.78 is 5.31. The maximum Gasteiger partial charge on any atom is 0.311 e. The van der Waals surface area contributed by atoms with Crippen molar-refractivity contribution in [1.29, 1.82) is 0 Å². The molecule has 6 nitrogen and oxygen atoms in total. The van der Waals surface area contributed by atoms with Crippen molar-refractivity contribution in [2.75, 3.05) is 26.3 Å². The molecule has 2 rings (SSSR count). The van der Waals surface area contributed by atoms with E-state index in [4.69, 9.17) is 4.74 Å². The van der Waals surface area contributed by atoms with Crippen LogP contribution in [0.25, 0.3) is 0 Å². The lowest BCUT2D eigenvalue weighted by Gasteiger charge is -2.36. The highest BCUT2D eigenvalue weighted by molar-refractivity contribution is 5.87. The SMILES string of the molecule is CCCN(C(=O)C1(C)CCCN1)C1COCC1C(=O)O. The number of aliphatic carboxylic acids is 1. The predicted molar refractivity (Wildman–Crippen MR) is 73.4 cm³/mol. The summed E-state index contributed by atoms with van der Waals surface area (Å²) in [5, 5.41) is 12.5. The molecular formula is C14H24N2O4. The van der Waals surface area contributed by atoms with Crippen molar-refractivity contribution >= 4 is 11.9 Å². The lowest BCUT2D eigenvalue weighted by atomic mass is 9.94. The standard InChI is InChI=1S/C14H24N2O4/c1-3-7-16(11-9-20-8-10(11)12(17)18)13(19)14(2)5-4-6-15-14/h10-11,15H,3-9H2,1-2H3,(H,17,18). The van der Waals surface area contributed by atoms with Gasteiger partial charge in [0.15, 0.2) is 0 Å². The Morgan fingerprint density at radius 2 is 2.20 bits per heavy atom. The molecular weight excluding hydrogens is 260 g/mol. The quantitative estimate of drug-likeness (QED) is 0.767. The Kier molecular flexibility index (Phi) is 4.65. The van der Waals surface area contributed by atoms with E-state index < -0.39 is 17.4 Å². The van der Waals surface area contributed by atoms with E-state index in [9.17, 15) is 14.7 Å². The highest BCUT2D eigenvalue weighted by atomic mass is 16.5. The number of carbonyl (C=O) groups is 2. The molecule has 3 atom stereocenters. The molecule has 1 amide bonds. The Morgan fingerprint density at radius 1 is 1.45 bits per heavy atom. The van der Waals surface area contributed by atoms with Crippen LogP contribution in [0.3, 0.4) is 0 Å². The molecule has 0 aromatic carbocycles. The van der Waals surface area contributed by atoms with Crippen molar-refractivity contribution in [2.24, 2.45) is 5.92 Å². The van der Waals surface area contributed by atoms with Crippen LogP contribution in [0.15, 0.2) is 0 Å². The molecule has 2 heterocycles. The van der Waals surface area contributed by atoms with Gasteiger partial charge in [0.25, 0.3) is 0 Å². The predicted octanol–water partition coefficient (Wildman–Crippen LogP) is 0.467. The molecule has 0 aliphatic carbocycles. The molecule has 0 aromatic rings. The highest BCUT2D eigenvalue weighted by Crippen LogP contribution is 2.27. The summed E-state index contributed by atoms with van der Waals surface area (Å²) in [4.78, 5) is 25.9. The third-order valence-corrected chi connectivity index (χ3v) is 4.33. The van der Waals surface area contributed by atoms with Gasteiger partial charge in [0.2, 0.25) is 5.91 Å². The van der Waals surface area contributed by atoms with Gasteiger partial charge in [-0.25, -0.2) is 0 Å². The van der Waals surface area contributed by atoms with Gasteiger partial charge in [-0.3, -0.25) is 9.59 Å². The molecule has 6 heteroatoms. The average Bonchev–Trinajstić information content (AvgIpc) is 3.04. The average molecular weight is 284 g/mol. The molecule has 2 aliphatic heterocycles. The number of hydrogen-bond acceptors (Lipinski definition) is 4. The first-order valence-corrected chi connectivity index (χ1v) is 7.36. The molecule has 0 saturated carbocycles. The summed E-state index contributed by atoms with van der Waals surface area (Å²) in [6, 6.07) is -0.348. The van der Waals surface area contributed by atoms with Crippen LogP contribution < -0.4 is 5.32 Å². The summed E-state index contributed by atoms with van der Waals surface area (Å²) in [7, 11) is 0. The summed E-state index contributed by atoms with van der Waals surface area (Å²) in [6.45, 7) is 5.84. The van der Waals surface area contributed by atoms with Crippen LogP contribution in [-0.2, 0) is 14.3 Å². The summed E-state index contributed by atoms with van der Waals surface area (Å²) in [6.07, 6.45) is 2.59. The van der Waals surface area contributed by atoms with Gasteiger partial charge in [-0.05, 0) is 32.7 Å². The Hall–Kier alpha value is -1.14. The van der Waals surface area contributed by atoms with Gasteiger partial charge >= 0.3 is 5.97 Å². The Bertz CT molecular complexity index is 379. The smallest absolute Gasteiger partial charge is 0.311 e. The fourth-order valence-corrected chi connectivity index (χ4v) is 3.14. The number of nitrogens with zero attached hydrogens (tertiary/aromatic N) is 1. The molecule has 0 bridgehead atoms. The van der Waals surface area contributed by atoms with E-state index in [0.29, 0.717) is 13.2 Å². The second kappa shape index (κ2) is 6.10. The van der Waals surface area contributed by atoms with E-state index in [0.717, 1.165) is 25.8 Å². The summed E-state index contributed by atoms with van der Waals surface area (Å²) >= 11 is 0. The van der Waals surface area contributed by atoms with Crippen LogP contribution in [0.4, 0.5) is 0 Å². The molecule has 0 radical (unpaired) electrons. The van der Waals surface area contributed by atoms with Crippen LogP contribution in [0.2, 0.25) is 0 Å². The topological polar surface area (TPSA) is 78.9 Å². The van der Waals surface area contributed by atoms with Crippen molar-refractivity contribution in [1.82, 2.24) is 10.2 Å². The monoisotopic (exact) mass is 284 g/mol. The van der Waals surface area contributed by atoms with Gasteiger partial charge < -0.3 is 20.1 Å². The largest absolute Gasteiger partial charge is 0.481 e. The van der Waals surface area contributed by atoms with Gasteiger partial charge in [0.1, 0.15) is 5.92 Å². The zero-order valence-corrected chi connectivity index (χ0v) is 12.2. The highest BCUT2D eigenvalue weighted by Gasteiger charge is 2.45. The lowest BCUT2D eigenvalue weighted by molar-refractivity contribution is -0.147. The third-order valence-electron chi connectivity index (χ3n) is 4.33. The normalized spacial score (nSPS) is 33.3. The first-order chi connectivity index (χ1) is 9.49. The van der Waals surface area contributed by atoms with Gasteiger partial charge in [-0.1, -0.05) is 6.92 Å². The zero-order chi connectivity index (χ0) is 14.8. The second-order valence-corrected chi connectivity index (χ2v) is 5.91. The number of carboxylic acids is 1. The maximum atomic E-state index is 12.8. The summed E-state index contributed by atoms with van der Waals surface area (Å²) in [5.41, 5.74) is -0.555. The minimum Gasteiger partial charge on any atom is -0.481 e. The molecule has 0 aromatic heterocycles. The van der Waals surface area contributed by atoms with Crippen LogP contribution in [-0.4, -0.2) is 59.8 Å². The third kappa shape index (κ3) is 2.81. The fraction of sp³-hybridized carbons (Fsp3) is 0.857. The Labute approximate surface area is 119 Å². The van der Waals surface area contributed by atoms with E-state index in [1.165, 1.54) is 0 Å². The first-order valence-electron chi connectivity index (χ1n) is 7.36. The number of amides is 1. The maximum absolute atomic E-state index is 12.8. The van der Waals surface area contributed by atoms with Crippen molar-refractivity contribution in [3.05, 3.63) is 0 Å². The van der Waals surface area contributed by atoms with Crippen molar-refractivity contribution in [3.8, 4) is 0 Å². The first kappa shape index (κ1) is 15.3. The number of rotatable bonds is 5. The lowest BCUT2D eigenvalue weighted by Crippen LogP contribution is -2.58. The van der Waals surface area contributed by atoms with Gasteiger partial charge in [0, 0.05) is 6.54 Å². The number of carbonyl (C=O) groups excluding carboxylic acids is 1. The van der Waals surface area contributed by atoms with Crippen molar-refractivity contribution < 1.29 is 19.4 Å². The van der Waals surface area contributed by atoms with Crippen LogP contribution >= 0.6 is 0 Å². The second-order valence-electron chi connectivity index (χ2n) is 5.91. The Balaban J connectivity index is 2.17. The fourth-order valence-electron chi connectivity index (χ4n) is 3.14. The van der Waals surface area contributed by atoms with Gasteiger partial charge in [0.05, 0.1) is 24.8 Å². The van der Waals surface area contributed by atoms with Crippen molar-refractivity contribution in [3.63, 3.8) is 0 Å². The molecule has 2 fully saturated rings. The van der Waals surface area contributed by atoms with Gasteiger partial charge in [-0.15, -0.1) is 0 Å². The minimum absolute atomic E-state index is 0.0126. The minimum atomic E-state index is -0.883. The summed E-state index contributed by atoms with van der Waals surface area (Å²) in [5.74, 6) is -1.49. The molecule has 2 aliphatic rings. The molecule has 3 unspecified atom stereocenters. The Morgan fingerprint density at radius 3 is 2.75 bits per heavy atom. The number of carboxylic acid groups (broad SMARTS) is 1. The van der Waals surface area contributed by atoms with E-state index in [-0.39, 0.29) is 18.6 Å². The van der Waals surface area contributed by atoms with Crippen LogP contribution in [0.1, 0.15) is 33.1 Å². The number of ether oxygens (including phenoxy) is 1. The molecule has 20 heavy (non-hydrogen) atoms. The number of hydrogen-bond donors (Lipinski definition) is 2. The molecule has 2 saturated heterocycles. The molecule has 114 valence electrons. The molecule has 2 N–H and O–H groups in total. The van der Waals surface area contributed by atoms with E-state index in [1.54, 1.807) is 4.90 Å². The van der Waals surface area contributed by atoms with Crippen molar-refractivity contribution in [2.45, 2.75) is 44.7 Å². The van der Waals surface area contributed by atoms with Crippen LogP contribution in [0, 0.1) is 5.92 Å². The zero-order valence-electron chi connectivity index (χ0n) is 12.2. The van der Waals surface area contributed by atoms with Crippen LogP contribution in [0.5, 0.6) is 0 Å². The van der Waals surface area contributed by atoms with E-state index >= 15 is 0 Å². The van der Waals surface area contributed by atoms with Gasteiger partial charge in [-0.2, -0.15) is 0 Å². The molecule has 0 spiro atoms.